The first-order valence-corrected chi connectivity index (χ1v) is 7.99. The minimum atomic E-state index is -3.97. The third-order valence-corrected chi connectivity index (χ3v) is 5.01. The van der Waals surface area contributed by atoms with Crippen LogP contribution in [0.2, 0.25) is 10.0 Å². The van der Waals surface area contributed by atoms with Gasteiger partial charge in [-0.2, -0.15) is 0 Å². The van der Waals surface area contributed by atoms with Crippen molar-refractivity contribution in [2.45, 2.75) is 4.90 Å². The highest BCUT2D eigenvalue weighted by molar-refractivity contribution is 7.93. The largest absolute Gasteiger partial charge is 0.497 e. The summed E-state index contributed by atoms with van der Waals surface area (Å²) in [5.41, 5.74) is 6.19. The lowest BCUT2D eigenvalue weighted by molar-refractivity contribution is 0.415. The number of nitrogens with one attached hydrogen (secondary N) is 1. The SMILES string of the molecule is COc1ccc(N)c(NS(=O)(=O)c2c(Cl)cccc2Cl)c1. The molecule has 0 radical (unpaired) electrons. The molecule has 0 heterocycles. The molecule has 3 N–H and O–H groups in total. The van der Waals surface area contributed by atoms with Gasteiger partial charge in [-0.05, 0) is 24.3 Å². The van der Waals surface area contributed by atoms with Gasteiger partial charge in [0.1, 0.15) is 10.6 Å². The molecule has 0 saturated heterocycles. The minimum absolute atomic E-state index is 0.0245. The van der Waals surface area contributed by atoms with Crippen LogP contribution in [-0.4, -0.2) is 15.5 Å². The Kier molecular flexibility index (Phi) is 4.51. The summed E-state index contributed by atoms with van der Waals surface area (Å²) in [5, 5.41) is 0.0490. The second-order valence-electron chi connectivity index (χ2n) is 4.11. The molecule has 21 heavy (non-hydrogen) atoms. The Morgan fingerprint density at radius 1 is 1.14 bits per heavy atom. The van der Waals surface area contributed by atoms with E-state index in [9.17, 15) is 8.42 Å². The molecule has 2 aromatic rings. The lowest BCUT2D eigenvalue weighted by Gasteiger charge is -2.13. The van der Waals surface area contributed by atoms with Gasteiger partial charge in [-0.15, -0.1) is 0 Å². The molecule has 0 aliphatic rings. The van der Waals surface area contributed by atoms with Gasteiger partial charge in [0.05, 0.1) is 28.5 Å². The van der Waals surface area contributed by atoms with E-state index in [1.165, 1.54) is 31.4 Å². The number of methoxy groups -OCH3 is 1. The van der Waals surface area contributed by atoms with E-state index in [0.29, 0.717) is 5.75 Å². The van der Waals surface area contributed by atoms with E-state index < -0.39 is 10.0 Å². The molecule has 2 aromatic carbocycles. The smallest absolute Gasteiger partial charge is 0.264 e. The number of ether oxygens (including phenoxy) is 1. The van der Waals surface area contributed by atoms with Crippen molar-refractivity contribution >= 4 is 44.6 Å². The van der Waals surface area contributed by atoms with E-state index in [1.54, 1.807) is 12.1 Å². The van der Waals surface area contributed by atoms with E-state index in [-0.39, 0.29) is 26.3 Å². The standard InChI is InChI=1S/C13H12Cl2N2O3S/c1-20-8-5-6-11(16)12(7-8)17-21(18,19)13-9(14)3-2-4-10(13)15/h2-7,17H,16H2,1H3. The Hall–Kier alpha value is -1.63. The van der Waals surface area contributed by atoms with Crippen molar-refractivity contribution in [3.63, 3.8) is 0 Å². The van der Waals surface area contributed by atoms with Crippen molar-refractivity contribution in [3.8, 4) is 5.75 Å². The van der Waals surface area contributed by atoms with Crippen LogP contribution >= 0.6 is 23.2 Å². The van der Waals surface area contributed by atoms with Gasteiger partial charge in [-0.1, -0.05) is 29.3 Å². The average Bonchev–Trinajstić information content (AvgIpc) is 2.40. The number of nitrogen functional groups attached to an aromatic ring is 1. The fraction of sp³-hybridized carbons (Fsp3) is 0.0769. The number of hydrogen-bond donors (Lipinski definition) is 2. The van der Waals surface area contributed by atoms with Crippen molar-refractivity contribution in [1.29, 1.82) is 0 Å². The number of anilines is 2. The lowest BCUT2D eigenvalue weighted by Crippen LogP contribution is -2.15. The molecule has 0 saturated carbocycles. The van der Waals surface area contributed by atoms with Gasteiger partial charge >= 0.3 is 0 Å². The predicted octanol–water partition coefficient (Wildman–Crippen LogP) is 3.39. The molecule has 2 rings (SSSR count). The van der Waals surface area contributed by atoms with Gasteiger partial charge in [0.25, 0.3) is 10.0 Å². The number of halogens is 2. The van der Waals surface area contributed by atoms with Crippen molar-refractivity contribution in [2.24, 2.45) is 0 Å². The van der Waals surface area contributed by atoms with Crippen molar-refractivity contribution in [1.82, 2.24) is 0 Å². The Morgan fingerprint density at radius 3 is 2.33 bits per heavy atom. The van der Waals surface area contributed by atoms with Gasteiger partial charge in [0, 0.05) is 6.07 Å². The predicted molar refractivity (Wildman–Crippen MR) is 84.7 cm³/mol. The van der Waals surface area contributed by atoms with E-state index >= 15 is 0 Å². The number of nitrogens with two attached hydrogens (primary N) is 1. The van der Waals surface area contributed by atoms with Crippen molar-refractivity contribution in [3.05, 3.63) is 46.4 Å². The van der Waals surface area contributed by atoms with E-state index in [1.807, 2.05) is 0 Å². The Labute approximate surface area is 132 Å². The fourth-order valence-corrected chi connectivity index (χ4v) is 3.91. The summed E-state index contributed by atoms with van der Waals surface area (Å²) >= 11 is 11.8. The number of hydrogen-bond acceptors (Lipinski definition) is 4. The summed E-state index contributed by atoms with van der Waals surface area (Å²) in [7, 11) is -2.50. The highest BCUT2D eigenvalue weighted by Crippen LogP contribution is 2.32. The fourth-order valence-electron chi connectivity index (χ4n) is 1.69. The molecule has 0 aliphatic heterocycles. The molecular formula is C13H12Cl2N2O3S. The van der Waals surface area contributed by atoms with Gasteiger partial charge < -0.3 is 10.5 Å². The maximum absolute atomic E-state index is 12.4. The monoisotopic (exact) mass is 346 g/mol. The first kappa shape index (κ1) is 15.8. The van der Waals surface area contributed by atoms with Crippen LogP contribution in [0.5, 0.6) is 5.75 Å². The zero-order valence-corrected chi connectivity index (χ0v) is 13.3. The molecule has 0 atom stereocenters. The normalized spacial score (nSPS) is 11.2. The van der Waals surface area contributed by atoms with Crippen LogP contribution in [-0.2, 0) is 10.0 Å². The molecule has 0 spiro atoms. The molecule has 0 aliphatic carbocycles. The number of benzene rings is 2. The molecular weight excluding hydrogens is 335 g/mol. The Bertz CT molecular complexity index is 759. The Morgan fingerprint density at radius 2 is 1.76 bits per heavy atom. The van der Waals surface area contributed by atoms with Crippen LogP contribution in [0.25, 0.3) is 0 Å². The van der Waals surface area contributed by atoms with Gasteiger partial charge in [-0.25, -0.2) is 8.42 Å². The second-order valence-corrected chi connectivity index (χ2v) is 6.54. The third kappa shape index (κ3) is 3.34. The summed E-state index contributed by atoms with van der Waals surface area (Å²) in [6.45, 7) is 0. The van der Waals surface area contributed by atoms with Gasteiger partial charge in [0.15, 0.2) is 0 Å². The molecule has 0 bridgehead atoms. The van der Waals surface area contributed by atoms with E-state index in [2.05, 4.69) is 4.72 Å². The zero-order valence-electron chi connectivity index (χ0n) is 10.9. The quantitative estimate of drug-likeness (QED) is 0.831. The van der Waals surface area contributed by atoms with Crippen LogP contribution in [0.1, 0.15) is 0 Å². The van der Waals surface area contributed by atoms with E-state index in [4.69, 9.17) is 33.7 Å². The highest BCUT2D eigenvalue weighted by atomic mass is 35.5. The molecule has 0 fully saturated rings. The van der Waals surface area contributed by atoms with Gasteiger partial charge in [-0.3, -0.25) is 4.72 Å². The molecule has 0 aromatic heterocycles. The lowest BCUT2D eigenvalue weighted by atomic mass is 10.2. The summed E-state index contributed by atoms with van der Waals surface area (Å²) in [6, 6.07) is 9.07. The van der Waals surface area contributed by atoms with Crippen LogP contribution < -0.4 is 15.2 Å². The maximum Gasteiger partial charge on any atom is 0.264 e. The maximum atomic E-state index is 12.4. The molecule has 0 amide bonds. The first-order valence-electron chi connectivity index (χ1n) is 5.75. The summed E-state index contributed by atoms with van der Waals surface area (Å²) in [4.78, 5) is -0.199. The van der Waals surface area contributed by atoms with Crippen LogP contribution in [0.15, 0.2) is 41.3 Å². The summed E-state index contributed by atoms with van der Waals surface area (Å²) in [5.74, 6) is 0.465. The second kappa shape index (κ2) is 6.01. The molecule has 8 heteroatoms. The topological polar surface area (TPSA) is 81.4 Å². The molecule has 5 nitrogen and oxygen atoms in total. The Balaban J connectivity index is 2.47. The van der Waals surface area contributed by atoms with Gasteiger partial charge in [0.2, 0.25) is 0 Å². The van der Waals surface area contributed by atoms with Crippen molar-refractivity contribution in [2.75, 3.05) is 17.6 Å². The highest BCUT2D eigenvalue weighted by Gasteiger charge is 2.22. The molecule has 0 unspecified atom stereocenters. The van der Waals surface area contributed by atoms with Crippen LogP contribution in [0.4, 0.5) is 11.4 Å². The number of rotatable bonds is 4. The van der Waals surface area contributed by atoms with Crippen molar-refractivity contribution < 1.29 is 13.2 Å². The average molecular weight is 347 g/mol. The number of sulfonamides is 1. The zero-order chi connectivity index (χ0) is 15.6. The summed E-state index contributed by atoms with van der Waals surface area (Å²) < 4.78 is 32.2. The minimum Gasteiger partial charge on any atom is -0.497 e. The third-order valence-electron chi connectivity index (χ3n) is 2.69. The molecule has 112 valence electrons. The summed E-state index contributed by atoms with van der Waals surface area (Å²) in [6.07, 6.45) is 0. The van der Waals surface area contributed by atoms with Crippen LogP contribution in [0.3, 0.4) is 0 Å². The van der Waals surface area contributed by atoms with Crippen LogP contribution in [0, 0.1) is 0 Å². The first-order chi connectivity index (χ1) is 9.85. The van der Waals surface area contributed by atoms with E-state index in [0.717, 1.165) is 0 Å².